The van der Waals surface area contributed by atoms with Gasteiger partial charge in [-0.3, -0.25) is 4.79 Å². The summed E-state index contributed by atoms with van der Waals surface area (Å²) in [4.78, 5) is 16.0. The largest absolute Gasteiger partial charge is 0.481 e. The number of aryl methyl sites for hydroxylation is 4. The maximum atomic E-state index is 12.7. The van der Waals surface area contributed by atoms with E-state index in [2.05, 4.69) is 4.98 Å². The zero-order valence-corrected chi connectivity index (χ0v) is 16.1. The number of carboxylic acids is 1. The van der Waals surface area contributed by atoms with Crippen molar-refractivity contribution in [1.29, 1.82) is 0 Å². The van der Waals surface area contributed by atoms with Crippen LogP contribution >= 0.6 is 11.3 Å². The Morgan fingerprint density at radius 3 is 2.46 bits per heavy atom. The van der Waals surface area contributed by atoms with Crippen molar-refractivity contribution in [3.8, 4) is 11.3 Å². The first-order valence-electron chi connectivity index (χ1n) is 8.57. The smallest absolute Gasteiger partial charge is 0.416 e. The summed E-state index contributed by atoms with van der Waals surface area (Å²) in [5, 5.41) is 9.77. The van der Waals surface area contributed by atoms with Gasteiger partial charge in [-0.2, -0.15) is 13.2 Å². The third kappa shape index (κ3) is 4.62. The number of alkyl halides is 3. The van der Waals surface area contributed by atoms with Crippen LogP contribution in [0.3, 0.4) is 0 Å². The lowest BCUT2D eigenvalue weighted by atomic mass is 10.1. The minimum Gasteiger partial charge on any atom is -0.481 e. The molecule has 0 radical (unpaired) electrons. The van der Waals surface area contributed by atoms with E-state index in [-0.39, 0.29) is 6.42 Å². The second kappa shape index (κ2) is 7.79. The summed E-state index contributed by atoms with van der Waals surface area (Å²) in [7, 11) is 0. The molecule has 1 N–H and O–H groups in total. The molecule has 0 unspecified atom stereocenters. The van der Waals surface area contributed by atoms with Crippen molar-refractivity contribution in [3.05, 3.63) is 62.8 Å². The van der Waals surface area contributed by atoms with Crippen LogP contribution in [0.5, 0.6) is 0 Å². The number of nitrogens with zero attached hydrogens (tertiary/aromatic N) is 1. The van der Waals surface area contributed by atoms with Gasteiger partial charge >= 0.3 is 12.1 Å². The second-order valence-corrected chi connectivity index (χ2v) is 7.62. The van der Waals surface area contributed by atoms with Gasteiger partial charge in [0.25, 0.3) is 0 Å². The Morgan fingerprint density at radius 2 is 1.86 bits per heavy atom. The van der Waals surface area contributed by atoms with Gasteiger partial charge in [0, 0.05) is 16.9 Å². The maximum absolute atomic E-state index is 12.7. The monoisotopic (exact) mass is 409 g/mol. The SMILES string of the molecule is Cc1nc(CCc2cc(-c3ccc(C(F)(F)F)cc3)oc2C)sc1CC(=O)O. The first-order valence-corrected chi connectivity index (χ1v) is 9.39. The van der Waals surface area contributed by atoms with Crippen LogP contribution in [0.15, 0.2) is 34.7 Å². The lowest BCUT2D eigenvalue weighted by Gasteiger charge is -2.06. The molecule has 0 amide bonds. The van der Waals surface area contributed by atoms with Crippen LogP contribution in [0.4, 0.5) is 13.2 Å². The Balaban J connectivity index is 1.72. The van der Waals surface area contributed by atoms with Crippen LogP contribution < -0.4 is 0 Å². The molecule has 0 aliphatic rings. The highest BCUT2D eigenvalue weighted by Gasteiger charge is 2.30. The summed E-state index contributed by atoms with van der Waals surface area (Å²) in [5.74, 6) is 0.335. The number of halogens is 3. The summed E-state index contributed by atoms with van der Waals surface area (Å²) in [6.45, 7) is 3.61. The van der Waals surface area contributed by atoms with Crippen LogP contribution in [-0.4, -0.2) is 16.1 Å². The quantitative estimate of drug-likeness (QED) is 0.588. The normalized spacial score (nSPS) is 11.8. The van der Waals surface area contributed by atoms with E-state index in [4.69, 9.17) is 9.52 Å². The Hall–Kier alpha value is -2.61. The average molecular weight is 409 g/mol. The highest BCUT2D eigenvalue weighted by molar-refractivity contribution is 7.11. The lowest BCUT2D eigenvalue weighted by molar-refractivity contribution is -0.138. The highest BCUT2D eigenvalue weighted by Crippen LogP contribution is 2.32. The van der Waals surface area contributed by atoms with Gasteiger partial charge in [0.15, 0.2) is 0 Å². The molecule has 148 valence electrons. The molecule has 0 saturated carbocycles. The predicted octanol–water partition coefficient (Wildman–Crippen LogP) is 5.45. The molecule has 0 atom stereocenters. The van der Waals surface area contributed by atoms with Gasteiger partial charge in [-0.15, -0.1) is 11.3 Å². The number of aliphatic carboxylic acids is 1. The van der Waals surface area contributed by atoms with Gasteiger partial charge in [-0.1, -0.05) is 12.1 Å². The van der Waals surface area contributed by atoms with E-state index in [1.54, 1.807) is 6.92 Å². The number of hydrogen-bond donors (Lipinski definition) is 1. The number of thiazole rings is 1. The fraction of sp³-hybridized carbons (Fsp3) is 0.300. The number of rotatable bonds is 6. The van der Waals surface area contributed by atoms with Gasteiger partial charge in [0.05, 0.1) is 22.7 Å². The zero-order valence-electron chi connectivity index (χ0n) is 15.3. The molecule has 3 rings (SSSR count). The first-order chi connectivity index (χ1) is 13.1. The van der Waals surface area contributed by atoms with E-state index < -0.39 is 17.7 Å². The summed E-state index contributed by atoms with van der Waals surface area (Å²) < 4.78 is 43.8. The van der Waals surface area contributed by atoms with Crippen LogP contribution in [0.1, 0.15) is 32.5 Å². The lowest BCUT2D eigenvalue weighted by Crippen LogP contribution is -2.03. The molecule has 2 aromatic heterocycles. The number of furan rings is 1. The number of carboxylic acid groups (broad SMARTS) is 1. The Morgan fingerprint density at radius 1 is 1.18 bits per heavy atom. The van der Waals surface area contributed by atoms with Crippen LogP contribution in [0, 0.1) is 13.8 Å². The topological polar surface area (TPSA) is 63.3 Å². The number of hydrogen-bond acceptors (Lipinski definition) is 4. The fourth-order valence-electron chi connectivity index (χ4n) is 2.87. The van der Waals surface area contributed by atoms with Crippen molar-refractivity contribution in [3.63, 3.8) is 0 Å². The van der Waals surface area contributed by atoms with Crippen LogP contribution in [0.25, 0.3) is 11.3 Å². The highest BCUT2D eigenvalue weighted by atomic mass is 32.1. The molecule has 0 aliphatic carbocycles. The Bertz CT molecular complexity index is 987. The van der Waals surface area contributed by atoms with Crippen molar-refractivity contribution in [1.82, 2.24) is 4.98 Å². The minimum atomic E-state index is -4.37. The summed E-state index contributed by atoms with van der Waals surface area (Å²) in [6.07, 6.45) is -3.12. The third-order valence-electron chi connectivity index (χ3n) is 4.37. The van der Waals surface area contributed by atoms with E-state index in [0.29, 0.717) is 29.9 Å². The molecular formula is C20H18F3NO3S. The van der Waals surface area contributed by atoms with Crippen LogP contribution in [-0.2, 0) is 30.2 Å². The van der Waals surface area contributed by atoms with Gasteiger partial charge in [-0.25, -0.2) is 4.98 Å². The maximum Gasteiger partial charge on any atom is 0.416 e. The first kappa shape index (κ1) is 20.1. The Kier molecular flexibility index (Phi) is 5.60. The fourth-order valence-corrected chi connectivity index (χ4v) is 3.93. The van der Waals surface area contributed by atoms with Crippen LogP contribution in [0.2, 0.25) is 0 Å². The number of benzene rings is 1. The van der Waals surface area contributed by atoms with Crippen molar-refractivity contribution < 1.29 is 27.5 Å². The van der Waals surface area contributed by atoms with E-state index in [0.717, 1.165) is 33.3 Å². The molecule has 0 bridgehead atoms. The van der Waals surface area contributed by atoms with E-state index in [1.165, 1.54) is 23.5 Å². The van der Waals surface area contributed by atoms with Crippen molar-refractivity contribution in [2.75, 3.05) is 0 Å². The minimum absolute atomic E-state index is 0.0354. The molecule has 4 nitrogen and oxygen atoms in total. The summed E-state index contributed by atoms with van der Waals surface area (Å²) >= 11 is 1.39. The molecule has 0 aliphatic heterocycles. The molecule has 1 aromatic carbocycles. The third-order valence-corrected chi connectivity index (χ3v) is 5.59. The summed E-state index contributed by atoms with van der Waals surface area (Å²) in [5.41, 5.74) is 1.56. The number of carbonyl (C=O) groups is 1. The molecule has 8 heteroatoms. The zero-order chi connectivity index (χ0) is 20.5. The average Bonchev–Trinajstić information content (AvgIpc) is 3.14. The summed E-state index contributed by atoms with van der Waals surface area (Å²) in [6, 6.07) is 6.70. The second-order valence-electron chi connectivity index (χ2n) is 6.45. The molecule has 0 spiro atoms. The molecule has 2 heterocycles. The standard InChI is InChI=1S/C20H18F3NO3S/c1-11-17(10-19(25)26)28-18(24-11)8-5-14-9-16(27-12(14)2)13-3-6-15(7-4-13)20(21,22)23/h3-4,6-7,9H,5,8,10H2,1-2H3,(H,25,26). The molecule has 28 heavy (non-hydrogen) atoms. The van der Waals surface area contributed by atoms with E-state index >= 15 is 0 Å². The molecule has 0 fully saturated rings. The van der Waals surface area contributed by atoms with E-state index in [1.807, 2.05) is 13.0 Å². The van der Waals surface area contributed by atoms with Gasteiger partial charge in [0.1, 0.15) is 11.5 Å². The van der Waals surface area contributed by atoms with Crippen molar-refractivity contribution in [2.45, 2.75) is 39.3 Å². The van der Waals surface area contributed by atoms with Gasteiger partial charge < -0.3 is 9.52 Å². The van der Waals surface area contributed by atoms with Gasteiger partial charge in [0.2, 0.25) is 0 Å². The molecule has 0 saturated heterocycles. The Labute approximate surface area is 163 Å². The predicted molar refractivity (Wildman–Crippen MR) is 99.5 cm³/mol. The van der Waals surface area contributed by atoms with Gasteiger partial charge in [-0.05, 0) is 44.0 Å². The van der Waals surface area contributed by atoms with E-state index in [9.17, 15) is 18.0 Å². The van der Waals surface area contributed by atoms with Crippen molar-refractivity contribution >= 4 is 17.3 Å². The van der Waals surface area contributed by atoms with Crippen molar-refractivity contribution in [2.24, 2.45) is 0 Å². The number of aromatic nitrogens is 1. The molecular weight excluding hydrogens is 391 g/mol. The molecule has 3 aromatic rings.